The zero-order valence-corrected chi connectivity index (χ0v) is 15.9. The SMILES string of the molecule is Cc1ccc(-c2noc(CSCC(=O)NC(C)c3ccccc3)n2)cc1F. The first-order chi connectivity index (χ1) is 13.0. The molecule has 3 rings (SSSR count). The van der Waals surface area contributed by atoms with Gasteiger partial charge < -0.3 is 9.84 Å². The fourth-order valence-electron chi connectivity index (χ4n) is 2.50. The molecule has 0 saturated heterocycles. The highest BCUT2D eigenvalue weighted by Gasteiger charge is 2.12. The van der Waals surface area contributed by atoms with E-state index >= 15 is 0 Å². The average Bonchev–Trinajstić information content (AvgIpc) is 3.13. The number of aromatic nitrogens is 2. The molecule has 0 aliphatic heterocycles. The molecule has 1 amide bonds. The number of carbonyl (C=O) groups is 1. The quantitative estimate of drug-likeness (QED) is 0.657. The average molecular weight is 385 g/mol. The van der Waals surface area contributed by atoms with E-state index in [1.165, 1.54) is 17.8 Å². The summed E-state index contributed by atoms with van der Waals surface area (Å²) < 4.78 is 18.8. The van der Waals surface area contributed by atoms with Crippen LogP contribution in [0.5, 0.6) is 0 Å². The van der Waals surface area contributed by atoms with Gasteiger partial charge in [-0.1, -0.05) is 47.6 Å². The van der Waals surface area contributed by atoms with E-state index in [2.05, 4.69) is 15.5 Å². The first kappa shape index (κ1) is 19.1. The maximum Gasteiger partial charge on any atom is 0.236 e. The van der Waals surface area contributed by atoms with Crippen molar-refractivity contribution in [1.29, 1.82) is 0 Å². The number of halogens is 1. The van der Waals surface area contributed by atoms with Crippen molar-refractivity contribution in [3.05, 3.63) is 71.4 Å². The Labute approximate surface area is 161 Å². The Balaban J connectivity index is 1.48. The Morgan fingerprint density at radius 2 is 2.04 bits per heavy atom. The predicted molar refractivity (Wildman–Crippen MR) is 104 cm³/mol. The van der Waals surface area contributed by atoms with Gasteiger partial charge in [-0.3, -0.25) is 4.79 Å². The van der Waals surface area contributed by atoms with Crippen LogP contribution in [0.2, 0.25) is 0 Å². The van der Waals surface area contributed by atoms with Gasteiger partial charge in [-0.05, 0) is 31.0 Å². The highest BCUT2D eigenvalue weighted by molar-refractivity contribution is 7.99. The number of benzene rings is 2. The van der Waals surface area contributed by atoms with Crippen LogP contribution in [0.15, 0.2) is 53.1 Å². The fraction of sp³-hybridized carbons (Fsp3) is 0.250. The van der Waals surface area contributed by atoms with Crippen molar-refractivity contribution in [2.45, 2.75) is 25.6 Å². The number of nitrogens with one attached hydrogen (secondary N) is 1. The summed E-state index contributed by atoms with van der Waals surface area (Å²) in [6.07, 6.45) is 0. The van der Waals surface area contributed by atoms with E-state index in [0.717, 1.165) is 5.56 Å². The van der Waals surface area contributed by atoms with Crippen LogP contribution in [0.4, 0.5) is 4.39 Å². The molecule has 5 nitrogen and oxygen atoms in total. The van der Waals surface area contributed by atoms with Gasteiger partial charge in [0.2, 0.25) is 17.6 Å². The summed E-state index contributed by atoms with van der Waals surface area (Å²) in [4.78, 5) is 16.3. The second-order valence-electron chi connectivity index (χ2n) is 6.17. The van der Waals surface area contributed by atoms with Crippen LogP contribution in [0.1, 0.15) is 30.0 Å². The van der Waals surface area contributed by atoms with Gasteiger partial charge in [0, 0.05) is 5.56 Å². The number of amides is 1. The number of thioether (sulfide) groups is 1. The first-order valence-corrected chi connectivity index (χ1v) is 9.69. The van der Waals surface area contributed by atoms with E-state index in [9.17, 15) is 9.18 Å². The van der Waals surface area contributed by atoms with Gasteiger partial charge >= 0.3 is 0 Å². The maximum atomic E-state index is 13.7. The number of hydrogen-bond acceptors (Lipinski definition) is 5. The molecular formula is C20H20FN3O2S. The molecule has 0 radical (unpaired) electrons. The zero-order chi connectivity index (χ0) is 19.2. The lowest BCUT2D eigenvalue weighted by molar-refractivity contribution is -0.119. The van der Waals surface area contributed by atoms with Gasteiger partial charge in [-0.25, -0.2) is 4.39 Å². The molecule has 0 saturated carbocycles. The Hall–Kier alpha value is -2.67. The topological polar surface area (TPSA) is 68.0 Å². The summed E-state index contributed by atoms with van der Waals surface area (Å²) in [5, 5.41) is 6.83. The van der Waals surface area contributed by atoms with Gasteiger partial charge in [0.15, 0.2) is 0 Å². The Bertz CT molecular complexity index is 915. The molecule has 3 aromatic rings. The summed E-state index contributed by atoms with van der Waals surface area (Å²) in [7, 11) is 0. The Kier molecular flexibility index (Phi) is 6.24. The summed E-state index contributed by atoms with van der Waals surface area (Å²) in [6, 6.07) is 14.5. The minimum absolute atomic E-state index is 0.0502. The molecular weight excluding hydrogens is 365 g/mol. The molecule has 0 spiro atoms. The first-order valence-electron chi connectivity index (χ1n) is 8.54. The van der Waals surface area contributed by atoms with Crippen LogP contribution in [0.25, 0.3) is 11.4 Å². The third kappa shape index (κ3) is 5.17. The van der Waals surface area contributed by atoms with Gasteiger partial charge in [0.25, 0.3) is 0 Å². The largest absolute Gasteiger partial charge is 0.349 e. The molecule has 27 heavy (non-hydrogen) atoms. The minimum atomic E-state index is -0.308. The Morgan fingerprint density at radius 1 is 1.26 bits per heavy atom. The molecule has 0 fully saturated rings. The number of hydrogen-bond donors (Lipinski definition) is 1. The van der Waals surface area contributed by atoms with Crippen molar-refractivity contribution >= 4 is 17.7 Å². The van der Waals surface area contributed by atoms with Gasteiger partial charge in [0.1, 0.15) is 5.82 Å². The number of nitrogens with zero attached hydrogens (tertiary/aromatic N) is 2. The normalized spacial score (nSPS) is 12.0. The van der Waals surface area contributed by atoms with Crippen molar-refractivity contribution in [3.8, 4) is 11.4 Å². The monoisotopic (exact) mass is 385 g/mol. The summed E-state index contributed by atoms with van der Waals surface area (Å²) in [5.74, 6) is 1.07. The third-order valence-electron chi connectivity index (χ3n) is 4.03. The summed E-state index contributed by atoms with van der Waals surface area (Å²) >= 11 is 1.38. The van der Waals surface area contributed by atoms with E-state index in [-0.39, 0.29) is 23.5 Å². The summed E-state index contributed by atoms with van der Waals surface area (Å²) in [6.45, 7) is 3.64. The standard InChI is InChI=1S/C20H20FN3O2S/c1-13-8-9-16(10-17(13)21)20-23-19(26-24-20)12-27-11-18(25)22-14(2)15-6-4-3-5-7-15/h3-10,14H,11-12H2,1-2H3,(H,22,25). The number of rotatable bonds is 7. The second kappa shape index (κ2) is 8.81. The highest BCUT2D eigenvalue weighted by atomic mass is 32.2. The molecule has 1 heterocycles. The molecule has 1 N–H and O–H groups in total. The van der Waals surface area contributed by atoms with Crippen LogP contribution in [-0.4, -0.2) is 21.8 Å². The van der Waals surface area contributed by atoms with Crippen LogP contribution < -0.4 is 5.32 Å². The molecule has 140 valence electrons. The summed E-state index contributed by atoms with van der Waals surface area (Å²) in [5.41, 5.74) is 2.18. The van der Waals surface area contributed by atoms with Crippen molar-refractivity contribution in [2.75, 3.05) is 5.75 Å². The molecule has 0 aliphatic carbocycles. The van der Waals surface area contributed by atoms with Crippen LogP contribution >= 0.6 is 11.8 Å². The number of carbonyl (C=O) groups excluding carboxylic acids is 1. The van der Waals surface area contributed by atoms with E-state index in [0.29, 0.717) is 28.6 Å². The molecule has 1 atom stereocenters. The maximum absolute atomic E-state index is 13.7. The lowest BCUT2D eigenvalue weighted by Crippen LogP contribution is -2.28. The van der Waals surface area contributed by atoms with Gasteiger partial charge in [0.05, 0.1) is 17.5 Å². The van der Waals surface area contributed by atoms with E-state index in [4.69, 9.17) is 4.52 Å². The predicted octanol–water partition coefficient (Wildman–Crippen LogP) is 4.29. The highest BCUT2D eigenvalue weighted by Crippen LogP contribution is 2.20. The van der Waals surface area contributed by atoms with Crippen LogP contribution in [0.3, 0.4) is 0 Å². The molecule has 0 bridgehead atoms. The van der Waals surface area contributed by atoms with E-state index in [1.54, 1.807) is 19.1 Å². The molecule has 0 aliphatic rings. The van der Waals surface area contributed by atoms with Crippen molar-refractivity contribution in [3.63, 3.8) is 0 Å². The van der Waals surface area contributed by atoms with Crippen LogP contribution in [-0.2, 0) is 10.5 Å². The smallest absolute Gasteiger partial charge is 0.236 e. The lowest BCUT2D eigenvalue weighted by atomic mass is 10.1. The molecule has 1 aromatic heterocycles. The zero-order valence-electron chi connectivity index (χ0n) is 15.1. The Morgan fingerprint density at radius 3 is 2.78 bits per heavy atom. The van der Waals surface area contributed by atoms with Crippen molar-refractivity contribution < 1.29 is 13.7 Å². The lowest BCUT2D eigenvalue weighted by Gasteiger charge is -2.13. The third-order valence-corrected chi connectivity index (χ3v) is 4.95. The number of aryl methyl sites for hydroxylation is 1. The van der Waals surface area contributed by atoms with Crippen LogP contribution in [0, 0.1) is 12.7 Å². The van der Waals surface area contributed by atoms with E-state index in [1.807, 2.05) is 37.3 Å². The van der Waals surface area contributed by atoms with Gasteiger partial charge in [-0.2, -0.15) is 4.98 Å². The molecule has 7 heteroatoms. The van der Waals surface area contributed by atoms with Gasteiger partial charge in [-0.15, -0.1) is 11.8 Å². The molecule has 2 aromatic carbocycles. The second-order valence-corrected chi connectivity index (χ2v) is 7.15. The van der Waals surface area contributed by atoms with Crippen molar-refractivity contribution in [2.24, 2.45) is 0 Å². The fourth-order valence-corrected chi connectivity index (χ4v) is 3.16. The minimum Gasteiger partial charge on any atom is -0.349 e. The van der Waals surface area contributed by atoms with Crippen molar-refractivity contribution in [1.82, 2.24) is 15.5 Å². The molecule has 1 unspecified atom stereocenters. The van der Waals surface area contributed by atoms with E-state index < -0.39 is 0 Å².